The summed E-state index contributed by atoms with van der Waals surface area (Å²) in [7, 11) is 0. The van der Waals surface area contributed by atoms with Crippen molar-refractivity contribution < 1.29 is 18.3 Å². The Kier molecular flexibility index (Phi) is 5.90. The van der Waals surface area contributed by atoms with Crippen molar-refractivity contribution in [1.82, 2.24) is 10.2 Å². The van der Waals surface area contributed by atoms with Crippen LogP contribution in [0.15, 0.2) is 12.1 Å². The molecular weight excluding hydrogens is 305 g/mol. The highest BCUT2D eigenvalue weighted by atomic mass is 35.5. The van der Waals surface area contributed by atoms with E-state index in [4.69, 9.17) is 0 Å². The molecule has 1 atom stereocenters. The predicted octanol–water partition coefficient (Wildman–Crippen LogP) is 2.94. The molecule has 2 N–H and O–H groups in total. The van der Waals surface area contributed by atoms with Crippen LogP contribution in [0, 0.1) is 13.8 Å². The maximum atomic E-state index is 13.4. The molecule has 21 heavy (non-hydrogen) atoms. The number of hydrogen-bond donors (Lipinski definition) is 2. The summed E-state index contributed by atoms with van der Waals surface area (Å²) < 4.78 is 40.3. The number of benzene rings is 1. The van der Waals surface area contributed by atoms with E-state index >= 15 is 0 Å². The lowest BCUT2D eigenvalue weighted by Crippen LogP contribution is -2.49. The number of nitrogens with one attached hydrogen (secondary N) is 1. The summed E-state index contributed by atoms with van der Waals surface area (Å²) in [6.45, 7) is 5.09. The van der Waals surface area contributed by atoms with E-state index in [1.54, 1.807) is 13.8 Å². The van der Waals surface area contributed by atoms with Crippen LogP contribution in [0.5, 0.6) is 5.75 Å². The highest BCUT2D eigenvalue weighted by Crippen LogP contribution is 2.39. The summed E-state index contributed by atoms with van der Waals surface area (Å²) in [6, 6.07) is 1.26. The lowest BCUT2D eigenvalue weighted by molar-refractivity contribution is -0.187. The molecule has 1 aromatic carbocycles. The minimum Gasteiger partial charge on any atom is -0.507 e. The fraction of sp³-hybridized carbons (Fsp3) is 0.571. The first-order valence-electron chi connectivity index (χ1n) is 6.62. The van der Waals surface area contributed by atoms with Crippen LogP contribution in [-0.4, -0.2) is 42.4 Å². The van der Waals surface area contributed by atoms with Gasteiger partial charge >= 0.3 is 6.18 Å². The van der Waals surface area contributed by atoms with Gasteiger partial charge in [0.25, 0.3) is 0 Å². The minimum absolute atomic E-state index is 0. The van der Waals surface area contributed by atoms with Crippen molar-refractivity contribution in [3.8, 4) is 5.75 Å². The fourth-order valence-corrected chi connectivity index (χ4v) is 2.69. The van der Waals surface area contributed by atoms with Crippen molar-refractivity contribution in [2.75, 3.05) is 26.2 Å². The molecule has 1 aliphatic heterocycles. The third kappa shape index (κ3) is 4.02. The first-order valence-corrected chi connectivity index (χ1v) is 6.62. The zero-order chi connectivity index (χ0) is 14.9. The van der Waals surface area contributed by atoms with Gasteiger partial charge in [-0.25, -0.2) is 0 Å². The first kappa shape index (κ1) is 18.1. The second-order valence-electron chi connectivity index (χ2n) is 5.23. The molecule has 1 heterocycles. The van der Waals surface area contributed by atoms with Gasteiger partial charge in [-0.1, -0.05) is 12.1 Å². The number of nitrogens with zero attached hydrogens (tertiary/aromatic N) is 1. The number of piperazine rings is 1. The van der Waals surface area contributed by atoms with Crippen molar-refractivity contribution in [3.05, 3.63) is 28.8 Å². The van der Waals surface area contributed by atoms with Gasteiger partial charge in [0.05, 0.1) is 0 Å². The molecule has 0 bridgehead atoms. The van der Waals surface area contributed by atoms with E-state index in [1.807, 2.05) is 0 Å². The van der Waals surface area contributed by atoms with E-state index < -0.39 is 12.2 Å². The fourth-order valence-electron chi connectivity index (χ4n) is 2.69. The SMILES string of the molecule is Cc1cc([C@H](N2CCNCC2)C(F)(F)F)cc(C)c1O.Cl. The molecule has 1 fully saturated rings. The molecule has 0 aromatic heterocycles. The standard InChI is InChI=1S/C14H19F3N2O.ClH/c1-9-7-11(8-10(2)12(9)20)13(14(15,16)17)19-5-3-18-4-6-19;/h7-8,13,18,20H,3-6H2,1-2H3;1H/t13-;/m0./s1. The predicted molar refractivity (Wildman–Crippen MR) is 78.1 cm³/mol. The number of rotatable bonds is 2. The summed E-state index contributed by atoms with van der Waals surface area (Å²) in [6.07, 6.45) is -4.33. The Morgan fingerprint density at radius 1 is 1.14 bits per heavy atom. The minimum atomic E-state index is -4.33. The highest BCUT2D eigenvalue weighted by molar-refractivity contribution is 5.85. The smallest absolute Gasteiger partial charge is 0.408 e. The Morgan fingerprint density at radius 2 is 1.62 bits per heavy atom. The van der Waals surface area contributed by atoms with Gasteiger partial charge in [0.1, 0.15) is 11.8 Å². The number of hydrogen-bond acceptors (Lipinski definition) is 3. The Labute approximate surface area is 128 Å². The number of phenolic OH excluding ortho intramolecular Hbond substituents is 1. The Morgan fingerprint density at radius 3 is 2.05 bits per heavy atom. The van der Waals surface area contributed by atoms with Gasteiger partial charge in [-0.3, -0.25) is 4.90 Å². The second-order valence-corrected chi connectivity index (χ2v) is 5.23. The highest BCUT2D eigenvalue weighted by Gasteiger charge is 2.45. The lowest BCUT2D eigenvalue weighted by atomic mass is 9.98. The molecule has 0 saturated carbocycles. The first-order chi connectivity index (χ1) is 9.30. The third-order valence-electron chi connectivity index (χ3n) is 3.66. The summed E-state index contributed by atoms with van der Waals surface area (Å²) in [5.74, 6) is 0.0648. The average molecular weight is 325 g/mol. The van der Waals surface area contributed by atoms with Crippen molar-refractivity contribution in [3.63, 3.8) is 0 Å². The van der Waals surface area contributed by atoms with Gasteiger partial charge in [-0.05, 0) is 30.5 Å². The number of phenols is 1. The molecule has 2 rings (SSSR count). The van der Waals surface area contributed by atoms with Crippen LogP contribution in [0.25, 0.3) is 0 Å². The Bertz CT molecular complexity index is 465. The maximum absolute atomic E-state index is 13.4. The zero-order valence-corrected chi connectivity index (χ0v) is 12.8. The molecule has 120 valence electrons. The van der Waals surface area contributed by atoms with Crippen LogP contribution in [-0.2, 0) is 0 Å². The van der Waals surface area contributed by atoms with Crippen molar-refractivity contribution in [1.29, 1.82) is 0 Å². The van der Waals surface area contributed by atoms with E-state index in [1.165, 1.54) is 17.0 Å². The van der Waals surface area contributed by atoms with E-state index in [-0.39, 0.29) is 23.7 Å². The third-order valence-corrected chi connectivity index (χ3v) is 3.66. The lowest BCUT2D eigenvalue weighted by Gasteiger charge is -2.36. The van der Waals surface area contributed by atoms with Crippen molar-refractivity contribution >= 4 is 12.4 Å². The van der Waals surface area contributed by atoms with E-state index in [0.29, 0.717) is 37.3 Å². The molecule has 0 amide bonds. The average Bonchev–Trinajstić information content (AvgIpc) is 2.35. The Hall–Kier alpha value is -0.980. The molecular formula is C14H20ClF3N2O. The molecule has 1 saturated heterocycles. The summed E-state index contributed by atoms with van der Waals surface area (Å²) in [4.78, 5) is 1.45. The van der Waals surface area contributed by atoms with E-state index in [2.05, 4.69) is 5.32 Å². The number of aryl methyl sites for hydroxylation is 2. The van der Waals surface area contributed by atoms with Crippen LogP contribution in [0.4, 0.5) is 13.2 Å². The van der Waals surface area contributed by atoms with Crippen molar-refractivity contribution in [2.24, 2.45) is 0 Å². The van der Waals surface area contributed by atoms with Gasteiger partial charge in [0.2, 0.25) is 0 Å². The molecule has 3 nitrogen and oxygen atoms in total. The van der Waals surface area contributed by atoms with Crippen molar-refractivity contribution in [2.45, 2.75) is 26.1 Å². The van der Waals surface area contributed by atoms with Crippen LogP contribution in [0.1, 0.15) is 22.7 Å². The monoisotopic (exact) mass is 324 g/mol. The molecule has 1 aliphatic rings. The molecule has 0 radical (unpaired) electrons. The van der Waals surface area contributed by atoms with Gasteiger partial charge in [-0.2, -0.15) is 13.2 Å². The maximum Gasteiger partial charge on any atom is 0.408 e. The number of alkyl halides is 3. The van der Waals surface area contributed by atoms with Crippen LogP contribution < -0.4 is 5.32 Å². The molecule has 7 heteroatoms. The normalized spacial score (nSPS) is 18.1. The van der Waals surface area contributed by atoms with E-state index in [0.717, 1.165) is 0 Å². The quantitative estimate of drug-likeness (QED) is 0.878. The van der Waals surface area contributed by atoms with Gasteiger partial charge in [-0.15, -0.1) is 12.4 Å². The molecule has 0 unspecified atom stereocenters. The van der Waals surface area contributed by atoms with E-state index in [9.17, 15) is 18.3 Å². The summed E-state index contributed by atoms with van der Waals surface area (Å²) >= 11 is 0. The van der Waals surface area contributed by atoms with Crippen LogP contribution in [0.2, 0.25) is 0 Å². The van der Waals surface area contributed by atoms with Crippen LogP contribution >= 0.6 is 12.4 Å². The van der Waals surface area contributed by atoms with Gasteiger partial charge in [0, 0.05) is 26.2 Å². The molecule has 0 spiro atoms. The summed E-state index contributed by atoms with van der Waals surface area (Å²) in [5.41, 5.74) is 1.15. The topological polar surface area (TPSA) is 35.5 Å². The van der Waals surface area contributed by atoms with Gasteiger partial charge < -0.3 is 10.4 Å². The summed E-state index contributed by atoms with van der Waals surface area (Å²) in [5, 5.41) is 12.8. The molecule has 1 aromatic rings. The molecule has 0 aliphatic carbocycles. The largest absolute Gasteiger partial charge is 0.507 e. The van der Waals surface area contributed by atoms with Gasteiger partial charge in [0.15, 0.2) is 0 Å². The Balaban J connectivity index is 0.00000220. The van der Waals surface area contributed by atoms with Crippen LogP contribution in [0.3, 0.4) is 0 Å². The second kappa shape index (κ2) is 6.85. The zero-order valence-electron chi connectivity index (χ0n) is 12.0. The number of aromatic hydroxyl groups is 1. The number of halogens is 4.